The van der Waals surface area contributed by atoms with Gasteiger partial charge >= 0.3 is 0 Å². The van der Waals surface area contributed by atoms with E-state index in [4.69, 9.17) is 4.74 Å². The Morgan fingerprint density at radius 2 is 1.87 bits per heavy atom. The summed E-state index contributed by atoms with van der Waals surface area (Å²) in [6.45, 7) is 2.53. The van der Waals surface area contributed by atoms with E-state index in [2.05, 4.69) is 15.6 Å². The number of carbonyl (C=O) groups excluding carboxylic acids is 2. The molecule has 7 heteroatoms. The topological polar surface area (TPSA) is 79.8 Å². The van der Waals surface area contributed by atoms with Gasteiger partial charge in [0, 0.05) is 17.5 Å². The Bertz CT molecular complexity index is 1110. The number of nitrogens with one attached hydrogen (secondary N) is 2. The number of hydrogen-bond acceptors (Lipinski definition) is 5. The lowest BCUT2D eigenvalue weighted by atomic mass is 10.1. The van der Waals surface area contributed by atoms with Gasteiger partial charge in [0.05, 0.1) is 12.3 Å². The number of nitrogens with zero attached hydrogens (tertiary/aromatic N) is 1. The van der Waals surface area contributed by atoms with Gasteiger partial charge in [0.1, 0.15) is 11.0 Å². The fourth-order valence-electron chi connectivity index (χ4n) is 3.20. The summed E-state index contributed by atoms with van der Waals surface area (Å²) < 4.78 is 5.42. The van der Waals surface area contributed by atoms with E-state index in [1.165, 1.54) is 11.8 Å². The Balaban J connectivity index is 1.40. The normalized spacial score (nSPS) is 17.2. The molecule has 152 valence electrons. The number of amides is 2. The SMILES string of the molecule is CCOc1ccc(N=C2NC(=O)[C@H](CC(=O)Nc3cccc4ccccc34)S2)cc1. The molecule has 0 aliphatic carbocycles. The Hall–Kier alpha value is -3.32. The third kappa shape index (κ3) is 4.63. The molecule has 0 unspecified atom stereocenters. The van der Waals surface area contributed by atoms with E-state index < -0.39 is 5.25 Å². The van der Waals surface area contributed by atoms with Crippen LogP contribution in [0.15, 0.2) is 71.7 Å². The van der Waals surface area contributed by atoms with Gasteiger partial charge in [-0.2, -0.15) is 0 Å². The second-order valence-corrected chi connectivity index (χ2v) is 7.91. The van der Waals surface area contributed by atoms with Crippen LogP contribution in [0.5, 0.6) is 5.75 Å². The molecule has 1 heterocycles. The summed E-state index contributed by atoms with van der Waals surface area (Å²) in [5.74, 6) is 0.353. The van der Waals surface area contributed by atoms with E-state index in [9.17, 15) is 9.59 Å². The van der Waals surface area contributed by atoms with Crippen LogP contribution >= 0.6 is 11.8 Å². The molecule has 0 bridgehead atoms. The number of amidine groups is 1. The third-order valence-electron chi connectivity index (χ3n) is 4.59. The summed E-state index contributed by atoms with van der Waals surface area (Å²) in [5.41, 5.74) is 1.45. The van der Waals surface area contributed by atoms with E-state index in [1.54, 1.807) is 0 Å². The van der Waals surface area contributed by atoms with Crippen molar-refractivity contribution in [2.24, 2.45) is 4.99 Å². The minimum Gasteiger partial charge on any atom is -0.494 e. The van der Waals surface area contributed by atoms with Gasteiger partial charge in [-0.15, -0.1) is 0 Å². The third-order valence-corrected chi connectivity index (χ3v) is 5.67. The zero-order valence-electron chi connectivity index (χ0n) is 16.4. The lowest BCUT2D eigenvalue weighted by Gasteiger charge is -2.10. The van der Waals surface area contributed by atoms with Crippen LogP contribution in [0.1, 0.15) is 13.3 Å². The number of fused-ring (bicyclic) bond motifs is 1. The molecule has 3 aromatic carbocycles. The molecule has 0 spiro atoms. The lowest BCUT2D eigenvalue weighted by Crippen LogP contribution is -2.28. The number of benzene rings is 3. The van der Waals surface area contributed by atoms with E-state index in [0.717, 1.165) is 22.2 Å². The largest absolute Gasteiger partial charge is 0.494 e. The van der Waals surface area contributed by atoms with E-state index in [0.29, 0.717) is 17.5 Å². The predicted molar refractivity (Wildman–Crippen MR) is 121 cm³/mol. The second kappa shape index (κ2) is 9.00. The first-order chi connectivity index (χ1) is 14.6. The molecule has 1 saturated heterocycles. The number of rotatable bonds is 6. The Morgan fingerprint density at radius 3 is 2.67 bits per heavy atom. The maximum Gasteiger partial charge on any atom is 0.240 e. The summed E-state index contributed by atoms with van der Waals surface area (Å²) in [4.78, 5) is 29.3. The van der Waals surface area contributed by atoms with Crippen LogP contribution in [-0.2, 0) is 9.59 Å². The molecule has 3 aromatic rings. The van der Waals surface area contributed by atoms with Gasteiger partial charge in [-0.25, -0.2) is 4.99 Å². The highest BCUT2D eigenvalue weighted by Gasteiger charge is 2.32. The van der Waals surface area contributed by atoms with Crippen molar-refractivity contribution in [2.45, 2.75) is 18.6 Å². The van der Waals surface area contributed by atoms with Crippen LogP contribution in [0.2, 0.25) is 0 Å². The van der Waals surface area contributed by atoms with Crippen molar-refractivity contribution in [3.8, 4) is 5.75 Å². The van der Waals surface area contributed by atoms with Crippen LogP contribution < -0.4 is 15.4 Å². The maximum atomic E-state index is 12.6. The molecule has 1 aliphatic rings. The van der Waals surface area contributed by atoms with Gasteiger partial charge in [-0.1, -0.05) is 48.2 Å². The second-order valence-electron chi connectivity index (χ2n) is 6.72. The Kier molecular flexibility index (Phi) is 5.99. The van der Waals surface area contributed by atoms with Crippen molar-refractivity contribution >= 4 is 50.9 Å². The molecule has 30 heavy (non-hydrogen) atoms. The van der Waals surface area contributed by atoms with Crippen molar-refractivity contribution in [3.63, 3.8) is 0 Å². The van der Waals surface area contributed by atoms with Crippen molar-refractivity contribution in [2.75, 3.05) is 11.9 Å². The Morgan fingerprint density at radius 1 is 1.10 bits per heavy atom. The first-order valence-electron chi connectivity index (χ1n) is 9.69. The highest BCUT2D eigenvalue weighted by Crippen LogP contribution is 2.28. The summed E-state index contributed by atoms with van der Waals surface area (Å²) in [5, 5.41) is 7.68. The van der Waals surface area contributed by atoms with Crippen LogP contribution in [-0.4, -0.2) is 28.8 Å². The van der Waals surface area contributed by atoms with Crippen LogP contribution in [0.25, 0.3) is 10.8 Å². The number of thioether (sulfide) groups is 1. The highest BCUT2D eigenvalue weighted by molar-refractivity contribution is 8.15. The van der Waals surface area contributed by atoms with Gasteiger partial charge in [-0.05, 0) is 42.6 Å². The average molecular weight is 420 g/mol. The van der Waals surface area contributed by atoms with Crippen molar-refractivity contribution < 1.29 is 14.3 Å². The summed E-state index contributed by atoms with van der Waals surface area (Å²) >= 11 is 1.27. The van der Waals surface area contributed by atoms with E-state index in [1.807, 2.05) is 73.7 Å². The van der Waals surface area contributed by atoms with Crippen LogP contribution in [0, 0.1) is 0 Å². The van der Waals surface area contributed by atoms with Gasteiger partial charge in [0.25, 0.3) is 0 Å². The summed E-state index contributed by atoms with van der Waals surface area (Å²) in [6.07, 6.45) is 0.0714. The van der Waals surface area contributed by atoms with Gasteiger partial charge < -0.3 is 15.4 Å². The van der Waals surface area contributed by atoms with Crippen molar-refractivity contribution in [1.82, 2.24) is 5.32 Å². The van der Waals surface area contributed by atoms with Crippen LogP contribution in [0.4, 0.5) is 11.4 Å². The molecule has 2 amide bonds. The van der Waals surface area contributed by atoms with Crippen molar-refractivity contribution in [1.29, 1.82) is 0 Å². The molecule has 0 radical (unpaired) electrons. The molecule has 6 nitrogen and oxygen atoms in total. The molecule has 2 N–H and O–H groups in total. The van der Waals surface area contributed by atoms with Gasteiger partial charge in [-0.3, -0.25) is 9.59 Å². The summed E-state index contributed by atoms with van der Waals surface area (Å²) in [7, 11) is 0. The summed E-state index contributed by atoms with van der Waals surface area (Å²) in [6, 6.07) is 20.9. The lowest BCUT2D eigenvalue weighted by molar-refractivity contribution is -0.122. The smallest absolute Gasteiger partial charge is 0.240 e. The molecular formula is C23H21N3O3S. The number of aliphatic imine (C=N–C) groups is 1. The molecular weight excluding hydrogens is 398 g/mol. The molecule has 1 atom stereocenters. The van der Waals surface area contributed by atoms with E-state index >= 15 is 0 Å². The zero-order valence-corrected chi connectivity index (χ0v) is 17.2. The number of hydrogen-bond donors (Lipinski definition) is 2. The quantitative estimate of drug-likeness (QED) is 0.617. The fraction of sp³-hybridized carbons (Fsp3) is 0.174. The number of ether oxygens (including phenoxy) is 1. The Labute approximate surface area is 178 Å². The number of carbonyl (C=O) groups is 2. The minimum atomic E-state index is -0.513. The minimum absolute atomic E-state index is 0.0714. The standard InChI is InChI=1S/C23H21N3O3S/c1-2-29-17-12-10-16(11-13-17)24-23-26-22(28)20(30-23)14-21(27)25-19-9-5-7-15-6-3-4-8-18(15)19/h3-13,20H,2,14H2,1H3,(H,25,27)(H,24,26,28)/t20-/m0/s1. The first-order valence-corrected chi connectivity index (χ1v) is 10.6. The van der Waals surface area contributed by atoms with Gasteiger partial charge in [0.15, 0.2) is 5.17 Å². The van der Waals surface area contributed by atoms with Crippen LogP contribution in [0.3, 0.4) is 0 Å². The van der Waals surface area contributed by atoms with Gasteiger partial charge in [0.2, 0.25) is 11.8 Å². The van der Waals surface area contributed by atoms with E-state index in [-0.39, 0.29) is 18.2 Å². The molecule has 0 aromatic heterocycles. The molecule has 1 fully saturated rings. The zero-order chi connectivity index (χ0) is 20.9. The highest BCUT2D eigenvalue weighted by atomic mass is 32.2. The predicted octanol–water partition coefficient (Wildman–Crippen LogP) is 4.49. The molecule has 4 rings (SSSR count). The maximum absolute atomic E-state index is 12.6. The molecule has 0 saturated carbocycles. The fourth-order valence-corrected chi connectivity index (χ4v) is 4.18. The molecule has 1 aliphatic heterocycles. The number of anilines is 1. The average Bonchev–Trinajstić information content (AvgIpc) is 3.08. The monoisotopic (exact) mass is 419 g/mol. The van der Waals surface area contributed by atoms with Crippen molar-refractivity contribution in [3.05, 3.63) is 66.7 Å². The first kappa shape index (κ1) is 20.0.